The number of anilines is 1. The highest BCUT2D eigenvalue weighted by molar-refractivity contribution is 5.94. The molecule has 0 aliphatic rings. The van der Waals surface area contributed by atoms with Gasteiger partial charge >= 0.3 is 6.01 Å². The van der Waals surface area contributed by atoms with E-state index in [9.17, 15) is 4.79 Å². The van der Waals surface area contributed by atoms with Gasteiger partial charge in [0.15, 0.2) is 0 Å². The first kappa shape index (κ1) is 20.2. The molecule has 0 radical (unpaired) electrons. The molecule has 0 aliphatic heterocycles. The van der Waals surface area contributed by atoms with Gasteiger partial charge in [0.2, 0.25) is 0 Å². The standard InChI is InChI=1S/C23H22N6O2/c1-29(2)22(30)18-10-8-17(9-11-18)19-14-24-15-20(26-19)21-27-28-23(31-21)25-13-12-16-6-4-3-5-7-16/h3-11,14-15H,12-13H2,1-2H3,(H,25,28). The maximum atomic E-state index is 12.1. The van der Waals surface area contributed by atoms with Gasteiger partial charge in [0.1, 0.15) is 5.69 Å². The van der Waals surface area contributed by atoms with Crippen molar-refractivity contribution in [2.75, 3.05) is 26.0 Å². The van der Waals surface area contributed by atoms with Gasteiger partial charge in [-0.1, -0.05) is 47.6 Å². The molecule has 0 aliphatic carbocycles. The molecule has 0 bridgehead atoms. The third-order valence-electron chi connectivity index (χ3n) is 4.65. The SMILES string of the molecule is CN(C)C(=O)c1ccc(-c2cncc(-c3nnc(NCCc4ccccc4)o3)n2)cc1. The normalized spacial score (nSPS) is 10.6. The van der Waals surface area contributed by atoms with Gasteiger partial charge in [-0.3, -0.25) is 9.78 Å². The Morgan fingerprint density at radius 2 is 1.71 bits per heavy atom. The van der Waals surface area contributed by atoms with Crippen molar-refractivity contribution in [1.82, 2.24) is 25.1 Å². The summed E-state index contributed by atoms with van der Waals surface area (Å²) in [5, 5.41) is 11.2. The second-order valence-electron chi connectivity index (χ2n) is 7.14. The van der Waals surface area contributed by atoms with E-state index in [2.05, 4.69) is 37.6 Å². The lowest BCUT2D eigenvalue weighted by Crippen LogP contribution is -2.21. The van der Waals surface area contributed by atoms with Crippen molar-refractivity contribution in [2.45, 2.75) is 6.42 Å². The molecule has 8 nitrogen and oxygen atoms in total. The third kappa shape index (κ3) is 4.92. The van der Waals surface area contributed by atoms with Crippen molar-refractivity contribution < 1.29 is 9.21 Å². The molecule has 31 heavy (non-hydrogen) atoms. The Balaban J connectivity index is 1.44. The highest BCUT2D eigenvalue weighted by atomic mass is 16.4. The molecule has 0 spiro atoms. The van der Waals surface area contributed by atoms with Crippen LogP contribution < -0.4 is 5.32 Å². The van der Waals surface area contributed by atoms with Crippen molar-refractivity contribution in [3.05, 3.63) is 78.1 Å². The molecule has 0 fully saturated rings. The molecular weight excluding hydrogens is 392 g/mol. The lowest BCUT2D eigenvalue weighted by molar-refractivity contribution is 0.0827. The van der Waals surface area contributed by atoms with Crippen LogP contribution in [0.5, 0.6) is 0 Å². The van der Waals surface area contributed by atoms with Gasteiger partial charge in [-0.05, 0) is 24.1 Å². The molecule has 2 aromatic carbocycles. The van der Waals surface area contributed by atoms with Crippen LogP contribution in [-0.4, -0.2) is 51.6 Å². The summed E-state index contributed by atoms with van der Waals surface area (Å²) >= 11 is 0. The number of aromatic nitrogens is 4. The average molecular weight is 414 g/mol. The molecule has 156 valence electrons. The van der Waals surface area contributed by atoms with Gasteiger partial charge in [-0.25, -0.2) is 4.98 Å². The van der Waals surface area contributed by atoms with Crippen molar-refractivity contribution in [2.24, 2.45) is 0 Å². The zero-order valence-corrected chi connectivity index (χ0v) is 17.3. The minimum Gasteiger partial charge on any atom is -0.402 e. The van der Waals surface area contributed by atoms with Crippen molar-refractivity contribution in [3.8, 4) is 22.8 Å². The van der Waals surface area contributed by atoms with Gasteiger partial charge in [-0.15, -0.1) is 5.10 Å². The van der Waals surface area contributed by atoms with Crippen LogP contribution >= 0.6 is 0 Å². The zero-order valence-electron chi connectivity index (χ0n) is 17.3. The summed E-state index contributed by atoms with van der Waals surface area (Å²) in [4.78, 5) is 22.4. The number of carbonyl (C=O) groups is 1. The summed E-state index contributed by atoms with van der Waals surface area (Å²) in [6.45, 7) is 0.676. The number of carbonyl (C=O) groups excluding carboxylic acids is 1. The van der Waals surface area contributed by atoms with Crippen LogP contribution in [0.3, 0.4) is 0 Å². The molecule has 4 aromatic rings. The van der Waals surface area contributed by atoms with Crippen molar-refractivity contribution in [3.63, 3.8) is 0 Å². The lowest BCUT2D eigenvalue weighted by atomic mass is 10.1. The number of hydrogen-bond acceptors (Lipinski definition) is 7. The Morgan fingerprint density at radius 1 is 0.968 bits per heavy atom. The van der Waals surface area contributed by atoms with Crippen LogP contribution in [0.25, 0.3) is 22.8 Å². The van der Waals surface area contributed by atoms with E-state index >= 15 is 0 Å². The predicted molar refractivity (Wildman–Crippen MR) is 117 cm³/mol. The number of rotatable bonds is 7. The number of benzene rings is 2. The van der Waals surface area contributed by atoms with Gasteiger partial charge in [-0.2, -0.15) is 0 Å². The average Bonchev–Trinajstić information content (AvgIpc) is 3.28. The van der Waals surface area contributed by atoms with Crippen LogP contribution in [0, 0.1) is 0 Å². The van der Waals surface area contributed by atoms with E-state index in [-0.39, 0.29) is 11.8 Å². The molecule has 0 saturated carbocycles. The number of nitrogens with one attached hydrogen (secondary N) is 1. The van der Waals surface area contributed by atoms with Gasteiger partial charge in [0.25, 0.3) is 11.8 Å². The maximum absolute atomic E-state index is 12.1. The molecule has 1 amide bonds. The fourth-order valence-electron chi connectivity index (χ4n) is 3.01. The molecule has 0 saturated heterocycles. The summed E-state index contributed by atoms with van der Waals surface area (Å²) in [6, 6.07) is 17.7. The molecule has 2 aromatic heterocycles. The van der Waals surface area contributed by atoms with Crippen LogP contribution in [-0.2, 0) is 6.42 Å². The van der Waals surface area contributed by atoms with Crippen molar-refractivity contribution >= 4 is 11.9 Å². The van der Waals surface area contributed by atoms with Crippen LogP contribution in [0.4, 0.5) is 6.01 Å². The Kier molecular flexibility index (Phi) is 5.98. The summed E-state index contributed by atoms with van der Waals surface area (Å²) in [6.07, 6.45) is 4.08. The van der Waals surface area contributed by atoms with Crippen LogP contribution in [0.2, 0.25) is 0 Å². The quantitative estimate of drug-likeness (QED) is 0.494. The molecule has 1 N–H and O–H groups in total. The Bertz CT molecular complexity index is 1160. The van der Waals surface area contributed by atoms with Gasteiger partial charge in [0, 0.05) is 31.8 Å². The predicted octanol–water partition coefficient (Wildman–Crippen LogP) is 3.55. The first-order valence-electron chi connectivity index (χ1n) is 9.86. The third-order valence-corrected chi connectivity index (χ3v) is 4.65. The number of nitrogens with zero attached hydrogens (tertiary/aromatic N) is 5. The van der Waals surface area contributed by atoms with Crippen LogP contribution in [0.15, 0.2) is 71.4 Å². The Morgan fingerprint density at radius 3 is 2.45 bits per heavy atom. The summed E-state index contributed by atoms with van der Waals surface area (Å²) in [7, 11) is 3.45. The van der Waals surface area contributed by atoms with E-state index < -0.39 is 0 Å². The van der Waals surface area contributed by atoms with E-state index in [1.54, 1.807) is 38.6 Å². The first-order chi connectivity index (χ1) is 15.1. The highest BCUT2D eigenvalue weighted by Crippen LogP contribution is 2.22. The smallest absolute Gasteiger partial charge is 0.315 e. The maximum Gasteiger partial charge on any atom is 0.315 e. The van der Waals surface area contributed by atoms with E-state index in [1.807, 2.05) is 30.3 Å². The number of hydrogen-bond donors (Lipinski definition) is 1. The summed E-state index contributed by atoms with van der Waals surface area (Å²) < 4.78 is 5.69. The van der Waals surface area contributed by atoms with Crippen LogP contribution in [0.1, 0.15) is 15.9 Å². The zero-order chi connectivity index (χ0) is 21.6. The van der Waals surface area contributed by atoms with Gasteiger partial charge < -0.3 is 14.6 Å². The second kappa shape index (κ2) is 9.17. The monoisotopic (exact) mass is 414 g/mol. The summed E-state index contributed by atoms with van der Waals surface area (Å²) in [5.74, 6) is 0.237. The van der Waals surface area contributed by atoms with E-state index in [4.69, 9.17) is 4.42 Å². The Hall–Kier alpha value is -4.07. The molecule has 4 rings (SSSR count). The fraction of sp³-hybridized carbons (Fsp3) is 0.174. The topological polar surface area (TPSA) is 97.0 Å². The molecular formula is C23H22N6O2. The molecule has 2 heterocycles. The van der Waals surface area contributed by atoms with E-state index in [0.717, 1.165) is 12.0 Å². The highest BCUT2D eigenvalue weighted by Gasteiger charge is 2.13. The number of amides is 1. The minimum absolute atomic E-state index is 0.0514. The first-order valence-corrected chi connectivity index (χ1v) is 9.86. The fourth-order valence-corrected chi connectivity index (χ4v) is 3.01. The van der Waals surface area contributed by atoms with E-state index in [1.165, 1.54) is 10.5 Å². The largest absolute Gasteiger partial charge is 0.402 e. The van der Waals surface area contributed by atoms with E-state index in [0.29, 0.717) is 29.5 Å². The summed E-state index contributed by atoms with van der Waals surface area (Å²) in [5.41, 5.74) is 3.81. The second-order valence-corrected chi connectivity index (χ2v) is 7.14. The Labute approximate surface area is 180 Å². The molecule has 0 atom stereocenters. The minimum atomic E-state index is -0.0514. The van der Waals surface area contributed by atoms with Crippen molar-refractivity contribution in [1.29, 1.82) is 0 Å². The lowest BCUT2D eigenvalue weighted by Gasteiger charge is -2.10. The molecule has 8 heteroatoms. The molecule has 0 unspecified atom stereocenters. The van der Waals surface area contributed by atoms with Gasteiger partial charge in [0.05, 0.1) is 18.1 Å².